The van der Waals surface area contributed by atoms with Gasteiger partial charge in [-0.15, -0.1) is 0 Å². The normalized spacial score (nSPS) is 22.6. The molecule has 3 aromatic rings. The first kappa shape index (κ1) is 22.9. The van der Waals surface area contributed by atoms with Gasteiger partial charge in [-0.25, -0.2) is 9.18 Å². The second-order valence-corrected chi connectivity index (χ2v) is 10.0. The lowest BCUT2D eigenvalue weighted by atomic mass is 9.80. The molecular formula is C30H28FNO4. The van der Waals surface area contributed by atoms with Gasteiger partial charge in [0.2, 0.25) is 0 Å². The number of aryl methyl sites for hydroxylation is 1. The van der Waals surface area contributed by atoms with Crippen molar-refractivity contribution < 1.29 is 23.5 Å². The molecule has 1 aliphatic carbocycles. The second kappa shape index (κ2) is 9.17. The lowest BCUT2D eigenvalue weighted by Crippen LogP contribution is -2.60. The van der Waals surface area contributed by atoms with Crippen molar-refractivity contribution in [3.05, 3.63) is 94.8 Å². The maximum atomic E-state index is 14.5. The summed E-state index contributed by atoms with van der Waals surface area (Å²) in [4.78, 5) is 28.4. The Balaban J connectivity index is 1.18. The summed E-state index contributed by atoms with van der Waals surface area (Å²) in [6.07, 6.45) is 0.504. The number of nitrogens with zero attached hydrogens (tertiary/aromatic N) is 1. The summed E-state index contributed by atoms with van der Waals surface area (Å²) in [5.74, 6) is -1.03. The van der Waals surface area contributed by atoms with Gasteiger partial charge in [0.1, 0.15) is 12.4 Å². The molecule has 2 atom stereocenters. The number of ketones is 1. The van der Waals surface area contributed by atoms with Gasteiger partial charge in [-0.1, -0.05) is 60.7 Å². The molecule has 2 aliphatic heterocycles. The van der Waals surface area contributed by atoms with Crippen LogP contribution in [0, 0.1) is 18.7 Å². The van der Waals surface area contributed by atoms with Crippen LogP contribution in [0.2, 0.25) is 0 Å². The Kier molecular flexibility index (Phi) is 5.84. The molecule has 36 heavy (non-hydrogen) atoms. The Bertz CT molecular complexity index is 1260. The Morgan fingerprint density at radius 1 is 0.917 bits per heavy atom. The Labute approximate surface area is 209 Å². The van der Waals surface area contributed by atoms with Gasteiger partial charge in [0, 0.05) is 11.8 Å². The maximum Gasteiger partial charge on any atom is 0.410 e. The minimum Gasteiger partial charge on any atom is -0.448 e. The Morgan fingerprint density at radius 3 is 2.14 bits per heavy atom. The van der Waals surface area contributed by atoms with E-state index in [1.165, 1.54) is 28.3 Å². The molecule has 0 spiro atoms. The monoisotopic (exact) mass is 485 g/mol. The number of morpholine rings is 1. The van der Waals surface area contributed by atoms with Crippen molar-refractivity contribution in [1.82, 2.24) is 4.90 Å². The van der Waals surface area contributed by atoms with E-state index in [0.29, 0.717) is 31.6 Å². The fraction of sp³-hybridized carbons (Fsp3) is 0.333. The van der Waals surface area contributed by atoms with Crippen LogP contribution in [-0.2, 0) is 9.47 Å². The van der Waals surface area contributed by atoms with Gasteiger partial charge < -0.3 is 9.47 Å². The van der Waals surface area contributed by atoms with Crippen molar-refractivity contribution in [1.29, 1.82) is 0 Å². The molecular weight excluding hydrogens is 457 g/mol. The molecule has 0 saturated carbocycles. The molecule has 6 rings (SSSR count). The third kappa shape index (κ3) is 3.80. The zero-order valence-corrected chi connectivity index (χ0v) is 20.2. The fourth-order valence-electron chi connectivity index (χ4n) is 6.24. The van der Waals surface area contributed by atoms with Crippen LogP contribution in [-0.4, -0.2) is 48.7 Å². The van der Waals surface area contributed by atoms with Crippen LogP contribution >= 0.6 is 0 Å². The molecule has 3 aromatic carbocycles. The SMILES string of the molecule is Cc1cccc(F)c1C(=O)C1CC2COCC(C1)N2C(=O)OCC1c2ccccc2-c2ccccc21. The topological polar surface area (TPSA) is 55.8 Å². The molecule has 2 bridgehead atoms. The molecule has 3 aliphatic rings. The number of carbonyl (C=O) groups excluding carboxylic acids is 2. The maximum absolute atomic E-state index is 14.5. The standard InChI is InChI=1S/C30H28FNO4/c1-18-7-6-12-27(31)28(18)29(33)19-13-20-15-35-16-21(14-19)32(20)30(34)36-17-26-24-10-4-2-8-22(24)23-9-3-5-11-25(23)26/h2-12,19-21,26H,13-17H2,1H3. The molecule has 2 heterocycles. The van der Waals surface area contributed by atoms with Crippen LogP contribution in [0.5, 0.6) is 0 Å². The summed E-state index contributed by atoms with van der Waals surface area (Å²) in [5.41, 5.74) is 5.50. The van der Waals surface area contributed by atoms with Gasteiger partial charge >= 0.3 is 6.09 Å². The first-order valence-corrected chi connectivity index (χ1v) is 12.5. The number of fused-ring (bicyclic) bond motifs is 5. The number of carbonyl (C=O) groups is 2. The Hall–Kier alpha value is -3.51. The predicted molar refractivity (Wildman–Crippen MR) is 133 cm³/mol. The summed E-state index contributed by atoms with van der Waals surface area (Å²) < 4.78 is 26.1. The van der Waals surface area contributed by atoms with E-state index in [9.17, 15) is 14.0 Å². The van der Waals surface area contributed by atoms with Crippen molar-refractivity contribution in [2.75, 3.05) is 19.8 Å². The van der Waals surface area contributed by atoms with E-state index in [1.807, 2.05) is 24.3 Å². The van der Waals surface area contributed by atoms with Crippen molar-refractivity contribution in [3.63, 3.8) is 0 Å². The lowest BCUT2D eigenvalue weighted by molar-refractivity contribution is -0.0748. The third-order valence-corrected chi connectivity index (χ3v) is 7.91. The summed E-state index contributed by atoms with van der Waals surface area (Å²) in [6.45, 7) is 2.70. The minimum absolute atomic E-state index is 0.0133. The number of halogens is 1. The zero-order valence-electron chi connectivity index (χ0n) is 20.2. The molecule has 0 aromatic heterocycles. The van der Waals surface area contributed by atoms with Gasteiger partial charge in [-0.2, -0.15) is 0 Å². The molecule has 1 amide bonds. The number of benzene rings is 3. The van der Waals surface area contributed by atoms with Crippen LogP contribution in [0.15, 0.2) is 66.7 Å². The first-order chi connectivity index (χ1) is 17.5. The molecule has 2 saturated heterocycles. The van der Waals surface area contributed by atoms with Crippen molar-refractivity contribution in [2.24, 2.45) is 5.92 Å². The van der Waals surface area contributed by atoms with E-state index in [0.717, 1.165) is 0 Å². The quantitative estimate of drug-likeness (QED) is 0.442. The molecule has 2 unspecified atom stereocenters. The number of rotatable bonds is 4. The number of ether oxygens (including phenoxy) is 2. The van der Waals surface area contributed by atoms with Crippen LogP contribution in [0.1, 0.15) is 45.8 Å². The number of hydrogen-bond acceptors (Lipinski definition) is 4. The van der Waals surface area contributed by atoms with E-state index >= 15 is 0 Å². The minimum atomic E-state index is -0.486. The molecule has 5 nitrogen and oxygen atoms in total. The molecule has 2 fully saturated rings. The van der Waals surface area contributed by atoms with Crippen LogP contribution in [0.4, 0.5) is 9.18 Å². The van der Waals surface area contributed by atoms with Crippen LogP contribution in [0.3, 0.4) is 0 Å². The van der Waals surface area contributed by atoms with Gasteiger partial charge in [0.25, 0.3) is 0 Å². The predicted octanol–water partition coefficient (Wildman–Crippen LogP) is 5.75. The van der Waals surface area contributed by atoms with Gasteiger partial charge in [0.15, 0.2) is 5.78 Å². The average Bonchev–Trinajstić information content (AvgIpc) is 3.20. The van der Waals surface area contributed by atoms with Gasteiger partial charge in [0.05, 0.1) is 30.9 Å². The number of hydrogen-bond donors (Lipinski definition) is 0. The number of amides is 1. The average molecular weight is 486 g/mol. The number of Topliss-reactive ketones (excluding diaryl/α,β-unsaturated/α-hetero) is 1. The van der Waals surface area contributed by atoms with Gasteiger partial charge in [-0.05, 0) is 53.6 Å². The first-order valence-electron chi connectivity index (χ1n) is 12.5. The highest BCUT2D eigenvalue weighted by Crippen LogP contribution is 2.45. The largest absolute Gasteiger partial charge is 0.448 e. The molecule has 6 heteroatoms. The highest BCUT2D eigenvalue weighted by Gasteiger charge is 2.45. The molecule has 0 radical (unpaired) electrons. The smallest absolute Gasteiger partial charge is 0.410 e. The summed E-state index contributed by atoms with van der Waals surface area (Å²) in [7, 11) is 0. The molecule has 0 N–H and O–H groups in total. The van der Waals surface area contributed by atoms with Crippen molar-refractivity contribution in [2.45, 2.75) is 37.8 Å². The van der Waals surface area contributed by atoms with Crippen molar-refractivity contribution >= 4 is 11.9 Å². The third-order valence-electron chi connectivity index (χ3n) is 7.91. The fourth-order valence-corrected chi connectivity index (χ4v) is 6.24. The Morgan fingerprint density at radius 2 is 1.53 bits per heavy atom. The van der Waals surface area contributed by atoms with E-state index in [-0.39, 0.29) is 48.0 Å². The van der Waals surface area contributed by atoms with Crippen LogP contribution < -0.4 is 0 Å². The summed E-state index contributed by atoms with van der Waals surface area (Å²) >= 11 is 0. The van der Waals surface area contributed by atoms with E-state index in [2.05, 4.69) is 24.3 Å². The zero-order chi connectivity index (χ0) is 24.8. The number of piperidine rings is 1. The van der Waals surface area contributed by atoms with Gasteiger partial charge in [-0.3, -0.25) is 9.69 Å². The molecule has 184 valence electrons. The van der Waals surface area contributed by atoms with Crippen molar-refractivity contribution in [3.8, 4) is 11.1 Å². The highest BCUT2D eigenvalue weighted by atomic mass is 19.1. The van der Waals surface area contributed by atoms with E-state index in [4.69, 9.17) is 9.47 Å². The van der Waals surface area contributed by atoms with Crippen LogP contribution in [0.25, 0.3) is 11.1 Å². The second-order valence-electron chi connectivity index (χ2n) is 10.0. The summed E-state index contributed by atoms with van der Waals surface area (Å²) in [5, 5.41) is 0. The van der Waals surface area contributed by atoms with E-state index < -0.39 is 5.82 Å². The summed E-state index contributed by atoms with van der Waals surface area (Å²) in [6, 6.07) is 20.7. The lowest BCUT2D eigenvalue weighted by Gasteiger charge is -2.47. The van der Waals surface area contributed by atoms with E-state index in [1.54, 1.807) is 24.0 Å². The highest BCUT2D eigenvalue weighted by molar-refractivity contribution is 5.99.